The Hall–Kier alpha value is -1.21. The lowest BCUT2D eigenvalue weighted by Gasteiger charge is -2.07. The van der Waals surface area contributed by atoms with Crippen molar-refractivity contribution in [2.75, 3.05) is 25.6 Å². The van der Waals surface area contributed by atoms with Crippen molar-refractivity contribution in [3.05, 3.63) is 50.6 Å². The fourth-order valence-corrected chi connectivity index (χ4v) is 2.84. The van der Waals surface area contributed by atoms with Gasteiger partial charge in [-0.3, -0.25) is 4.79 Å². The summed E-state index contributed by atoms with van der Waals surface area (Å²) in [4.78, 5) is 12.1. The van der Waals surface area contributed by atoms with E-state index in [0.29, 0.717) is 25.4 Å². The molecular weight excluding hydrogens is 354 g/mol. The van der Waals surface area contributed by atoms with Gasteiger partial charge in [0.15, 0.2) is 0 Å². The van der Waals surface area contributed by atoms with Crippen molar-refractivity contribution in [1.82, 2.24) is 0 Å². The number of hydrogen-bond donors (Lipinski definition) is 1. The molecule has 6 heteroatoms. The summed E-state index contributed by atoms with van der Waals surface area (Å²) in [6.07, 6.45) is 0. The van der Waals surface area contributed by atoms with Crippen molar-refractivity contribution in [2.45, 2.75) is 6.61 Å². The standard InChI is InChI=1S/C15H16BrNO3S/c1-19-5-6-20-9-11-3-2-4-13(7-11)17-15(18)12-8-14(16)21-10-12/h2-4,7-8,10H,5-6,9H2,1H3,(H,17,18). The van der Waals surface area contributed by atoms with Gasteiger partial charge >= 0.3 is 0 Å². The number of benzene rings is 1. The Morgan fingerprint density at radius 1 is 1.33 bits per heavy atom. The molecule has 1 aromatic heterocycles. The van der Waals surface area contributed by atoms with Gasteiger partial charge in [0.05, 0.1) is 29.2 Å². The maximum atomic E-state index is 12.1. The van der Waals surface area contributed by atoms with Gasteiger partial charge < -0.3 is 14.8 Å². The molecule has 0 spiro atoms. The monoisotopic (exact) mass is 369 g/mol. The minimum absolute atomic E-state index is 0.116. The molecular formula is C15H16BrNO3S. The largest absolute Gasteiger partial charge is 0.382 e. The van der Waals surface area contributed by atoms with Gasteiger partial charge in [0.25, 0.3) is 5.91 Å². The van der Waals surface area contributed by atoms with Crippen LogP contribution in [0.2, 0.25) is 0 Å². The predicted molar refractivity (Wildman–Crippen MR) is 87.9 cm³/mol. The van der Waals surface area contributed by atoms with Crippen LogP contribution in [0.25, 0.3) is 0 Å². The van der Waals surface area contributed by atoms with Crippen LogP contribution >= 0.6 is 27.3 Å². The summed E-state index contributed by atoms with van der Waals surface area (Å²) in [6, 6.07) is 9.43. The SMILES string of the molecule is COCCOCc1cccc(NC(=O)c2csc(Br)c2)c1. The van der Waals surface area contributed by atoms with Crippen molar-refractivity contribution < 1.29 is 14.3 Å². The van der Waals surface area contributed by atoms with E-state index < -0.39 is 0 Å². The highest BCUT2D eigenvalue weighted by Gasteiger charge is 2.08. The van der Waals surface area contributed by atoms with Crippen LogP contribution in [0.1, 0.15) is 15.9 Å². The van der Waals surface area contributed by atoms with Crippen LogP contribution in [-0.4, -0.2) is 26.2 Å². The second-order valence-electron chi connectivity index (χ2n) is 4.34. The lowest BCUT2D eigenvalue weighted by Crippen LogP contribution is -2.11. The van der Waals surface area contributed by atoms with Crippen molar-refractivity contribution in [3.8, 4) is 0 Å². The van der Waals surface area contributed by atoms with E-state index >= 15 is 0 Å². The summed E-state index contributed by atoms with van der Waals surface area (Å²) in [5.41, 5.74) is 2.42. The Kier molecular flexibility index (Phi) is 6.38. The quantitative estimate of drug-likeness (QED) is 0.752. The molecule has 4 nitrogen and oxygen atoms in total. The number of thiophene rings is 1. The van der Waals surface area contributed by atoms with Crippen LogP contribution in [0.3, 0.4) is 0 Å². The molecule has 0 aliphatic carbocycles. The molecule has 0 aliphatic heterocycles. The van der Waals surface area contributed by atoms with Gasteiger partial charge in [-0.15, -0.1) is 11.3 Å². The van der Waals surface area contributed by atoms with Crippen LogP contribution in [0.5, 0.6) is 0 Å². The van der Waals surface area contributed by atoms with Crippen LogP contribution in [-0.2, 0) is 16.1 Å². The smallest absolute Gasteiger partial charge is 0.256 e. The van der Waals surface area contributed by atoms with Gasteiger partial charge in [0.2, 0.25) is 0 Å². The summed E-state index contributed by atoms with van der Waals surface area (Å²) in [5, 5.41) is 4.70. The molecule has 112 valence electrons. The normalized spacial score (nSPS) is 10.6. The van der Waals surface area contributed by atoms with Gasteiger partial charge in [0.1, 0.15) is 0 Å². The summed E-state index contributed by atoms with van der Waals surface area (Å²) in [7, 11) is 1.64. The van der Waals surface area contributed by atoms with E-state index in [9.17, 15) is 4.79 Å². The van der Waals surface area contributed by atoms with Crippen molar-refractivity contribution >= 4 is 38.9 Å². The summed E-state index contributed by atoms with van der Waals surface area (Å²) in [6.45, 7) is 1.62. The Bertz CT molecular complexity index is 600. The Labute approximate surface area is 136 Å². The van der Waals surface area contributed by atoms with E-state index in [-0.39, 0.29) is 5.91 Å². The number of nitrogens with one attached hydrogen (secondary N) is 1. The topological polar surface area (TPSA) is 47.6 Å². The predicted octanol–water partition coefficient (Wildman–Crippen LogP) is 3.93. The lowest BCUT2D eigenvalue weighted by molar-refractivity contribution is 0.0617. The first-order valence-electron chi connectivity index (χ1n) is 6.40. The average Bonchev–Trinajstić information content (AvgIpc) is 2.91. The highest BCUT2D eigenvalue weighted by atomic mass is 79.9. The van der Waals surface area contributed by atoms with Gasteiger partial charge in [-0.2, -0.15) is 0 Å². The first-order valence-corrected chi connectivity index (χ1v) is 8.07. The number of halogens is 1. The summed E-state index contributed by atoms with van der Waals surface area (Å²) < 4.78 is 11.3. The molecule has 0 saturated heterocycles. The Morgan fingerprint density at radius 2 is 2.19 bits per heavy atom. The molecule has 0 fully saturated rings. The highest BCUT2D eigenvalue weighted by Crippen LogP contribution is 2.21. The summed E-state index contributed by atoms with van der Waals surface area (Å²) >= 11 is 4.84. The fraction of sp³-hybridized carbons (Fsp3) is 0.267. The number of hydrogen-bond acceptors (Lipinski definition) is 4. The van der Waals surface area contributed by atoms with Crippen LogP contribution in [0, 0.1) is 0 Å². The molecule has 2 aromatic rings. The van der Waals surface area contributed by atoms with Crippen molar-refractivity contribution in [1.29, 1.82) is 0 Å². The molecule has 0 bridgehead atoms. The lowest BCUT2D eigenvalue weighted by atomic mass is 10.2. The molecule has 21 heavy (non-hydrogen) atoms. The molecule has 1 heterocycles. The maximum absolute atomic E-state index is 12.1. The number of rotatable bonds is 7. The fourth-order valence-electron chi connectivity index (χ4n) is 1.70. The number of carbonyl (C=O) groups excluding carboxylic acids is 1. The van der Waals surface area contributed by atoms with Crippen molar-refractivity contribution in [3.63, 3.8) is 0 Å². The molecule has 0 saturated carbocycles. The molecule has 0 unspecified atom stereocenters. The highest BCUT2D eigenvalue weighted by molar-refractivity contribution is 9.11. The van der Waals surface area contributed by atoms with Gasteiger partial charge in [-0.05, 0) is 39.7 Å². The van der Waals surface area contributed by atoms with Gasteiger partial charge in [-0.25, -0.2) is 0 Å². The van der Waals surface area contributed by atoms with E-state index in [1.165, 1.54) is 11.3 Å². The van der Waals surface area contributed by atoms with E-state index in [4.69, 9.17) is 9.47 Å². The number of carbonyl (C=O) groups is 1. The zero-order valence-corrected chi connectivity index (χ0v) is 14.0. The third kappa shape index (κ3) is 5.24. The number of ether oxygens (including phenoxy) is 2. The van der Waals surface area contributed by atoms with Gasteiger partial charge in [0, 0.05) is 18.2 Å². The first kappa shape index (κ1) is 16.2. The van der Waals surface area contributed by atoms with Crippen molar-refractivity contribution in [2.24, 2.45) is 0 Å². The molecule has 1 aromatic carbocycles. The van der Waals surface area contributed by atoms with Gasteiger partial charge in [-0.1, -0.05) is 12.1 Å². The third-order valence-corrected chi connectivity index (χ3v) is 4.22. The van der Waals surface area contributed by atoms with Crippen LogP contribution in [0.15, 0.2) is 39.5 Å². The Balaban J connectivity index is 1.92. The molecule has 0 aliphatic rings. The summed E-state index contributed by atoms with van der Waals surface area (Å²) in [5.74, 6) is -0.116. The molecule has 1 amide bonds. The minimum Gasteiger partial charge on any atom is -0.382 e. The van der Waals surface area contributed by atoms with Crippen LogP contribution < -0.4 is 5.32 Å². The van der Waals surface area contributed by atoms with E-state index in [1.54, 1.807) is 13.2 Å². The molecule has 1 N–H and O–H groups in total. The number of methoxy groups -OCH3 is 1. The second kappa shape index (κ2) is 8.29. The maximum Gasteiger partial charge on any atom is 0.256 e. The second-order valence-corrected chi connectivity index (χ2v) is 6.63. The van der Waals surface area contributed by atoms with E-state index in [0.717, 1.165) is 15.0 Å². The zero-order chi connectivity index (χ0) is 15.1. The number of amides is 1. The molecule has 0 atom stereocenters. The molecule has 2 rings (SSSR count). The third-order valence-electron chi connectivity index (χ3n) is 2.72. The zero-order valence-electron chi connectivity index (χ0n) is 11.6. The molecule has 0 radical (unpaired) electrons. The van der Waals surface area contributed by atoms with Crippen LogP contribution in [0.4, 0.5) is 5.69 Å². The van der Waals surface area contributed by atoms with E-state index in [1.807, 2.05) is 29.6 Å². The van der Waals surface area contributed by atoms with E-state index in [2.05, 4.69) is 21.2 Å². The number of anilines is 1. The Morgan fingerprint density at radius 3 is 2.90 bits per heavy atom. The average molecular weight is 370 g/mol. The first-order chi connectivity index (χ1) is 10.2. The minimum atomic E-state index is -0.116.